The molecular formula is C27H39N5O2. The van der Waals surface area contributed by atoms with Gasteiger partial charge in [0, 0.05) is 56.2 Å². The van der Waals surface area contributed by atoms with Crippen LogP contribution in [0.25, 0.3) is 0 Å². The molecule has 1 unspecified atom stereocenters. The van der Waals surface area contributed by atoms with Gasteiger partial charge in [-0.2, -0.15) is 5.10 Å². The highest BCUT2D eigenvalue weighted by atomic mass is 16.3. The monoisotopic (exact) mass is 465 g/mol. The number of benzene rings is 1. The van der Waals surface area contributed by atoms with E-state index in [-0.39, 0.29) is 12.5 Å². The average Bonchev–Trinajstić information content (AvgIpc) is 3.43. The highest BCUT2D eigenvalue weighted by Gasteiger charge is 2.30. The van der Waals surface area contributed by atoms with Crippen molar-refractivity contribution in [2.75, 3.05) is 44.2 Å². The summed E-state index contributed by atoms with van der Waals surface area (Å²) in [6.45, 7) is 9.63. The van der Waals surface area contributed by atoms with Gasteiger partial charge in [-0.05, 0) is 69.6 Å². The number of anilines is 1. The summed E-state index contributed by atoms with van der Waals surface area (Å²) < 4.78 is 1.93. The molecule has 5 rings (SSSR count). The molecule has 3 aliphatic rings. The molecule has 2 fully saturated rings. The smallest absolute Gasteiger partial charge is 0.244 e. The highest BCUT2D eigenvalue weighted by Crippen LogP contribution is 2.31. The number of aromatic nitrogens is 2. The molecule has 1 N–H and O–H groups in total. The summed E-state index contributed by atoms with van der Waals surface area (Å²) in [5.74, 6) is 0.136. The van der Waals surface area contributed by atoms with Crippen LogP contribution in [0.2, 0.25) is 0 Å². The number of hydrogen-bond acceptors (Lipinski definition) is 5. The second-order valence-corrected chi connectivity index (χ2v) is 10.2. The van der Waals surface area contributed by atoms with Crippen molar-refractivity contribution in [1.29, 1.82) is 0 Å². The van der Waals surface area contributed by atoms with Gasteiger partial charge < -0.3 is 14.9 Å². The van der Waals surface area contributed by atoms with E-state index in [0.29, 0.717) is 0 Å². The normalized spacial score (nSPS) is 20.3. The molecular weight excluding hydrogens is 426 g/mol. The number of likely N-dealkylation sites (tertiary alicyclic amines) is 1. The number of carbonyl (C=O) groups is 1. The summed E-state index contributed by atoms with van der Waals surface area (Å²) in [4.78, 5) is 19.8. The maximum atomic E-state index is 13.3. The minimum Gasteiger partial charge on any atom is -0.372 e. The molecule has 1 amide bonds. The quantitative estimate of drug-likeness (QED) is 0.687. The molecule has 2 saturated heterocycles. The van der Waals surface area contributed by atoms with Crippen LogP contribution in [0.3, 0.4) is 0 Å². The molecule has 0 bridgehead atoms. The van der Waals surface area contributed by atoms with Crippen LogP contribution in [-0.2, 0) is 24.2 Å². The number of piperazine rings is 1. The number of aliphatic hydroxyl groups is 1. The number of carbonyl (C=O) groups excluding carboxylic acids is 1. The summed E-state index contributed by atoms with van der Waals surface area (Å²) >= 11 is 0. The third kappa shape index (κ3) is 4.60. The van der Waals surface area contributed by atoms with E-state index in [0.717, 1.165) is 83.5 Å². The third-order valence-corrected chi connectivity index (χ3v) is 8.10. The molecule has 7 nitrogen and oxygen atoms in total. The van der Waals surface area contributed by atoms with Crippen molar-refractivity contribution in [3.05, 3.63) is 46.3 Å². The third-order valence-electron chi connectivity index (χ3n) is 8.10. The largest absolute Gasteiger partial charge is 0.372 e. The highest BCUT2D eigenvalue weighted by molar-refractivity contribution is 5.76. The van der Waals surface area contributed by atoms with Crippen LogP contribution in [-0.4, -0.2) is 69.9 Å². The van der Waals surface area contributed by atoms with Crippen LogP contribution < -0.4 is 4.90 Å². The van der Waals surface area contributed by atoms with Crippen LogP contribution in [0.15, 0.2) is 18.2 Å². The maximum Gasteiger partial charge on any atom is 0.244 e. The van der Waals surface area contributed by atoms with E-state index < -0.39 is 6.23 Å². The van der Waals surface area contributed by atoms with Gasteiger partial charge in [0.05, 0.1) is 0 Å². The van der Waals surface area contributed by atoms with Crippen LogP contribution in [0.4, 0.5) is 5.69 Å². The van der Waals surface area contributed by atoms with Gasteiger partial charge in [0.1, 0.15) is 12.2 Å². The molecule has 0 spiro atoms. The Bertz CT molecular complexity index is 1020. The number of fused-ring (bicyclic) bond motifs is 1. The SMILES string of the molecule is Cc1cccc(N2CCN(C(=O)Cn3nc(C(O)N4CCCC4)c4c3CCCCC4)CC2)c1C. The Morgan fingerprint density at radius 2 is 1.71 bits per heavy atom. The fourth-order valence-corrected chi connectivity index (χ4v) is 5.88. The molecule has 0 saturated carbocycles. The zero-order valence-corrected chi connectivity index (χ0v) is 20.8. The zero-order chi connectivity index (χ0) is 23.7. The Balaban J connectivity index is 1.28. The number of aryl methyl sites for hydroxylation is 1. The van der Waals surface area contributed by atoms with Gasteiger partial charge in [0.2, 0.25) is 5.91 Å². The number of nitrogens with zero attached hydrogens (tertiary/aromatic N) is 5. The minimum atomic E-state index is -0.646. The molecule has 0 radical (unpaired) electrons. The van der Waals surface area contributed by atoms with Gasteiger partial charge in [0.15, 0.2) is 6.23 Å². The Morgan fingerprint density at radius 3 is 2.47 bits per heavy atom. The van der Waals surface area contributed by atoms with Crippen LogP contribution in [0.1, 0.15) is 66.4 Å². The Kier molecular flexibility index (Phi) is 6.93. The second-order valence-electron chi connectivity index (χ2n) is 10.2. The van der Waals surface area contributed by atoms with Crippen molar-refractivity contribution in [2.24, 2.45) is 0 Å². The van der Waals surface area contributed by atoms with Crippen molar-refractivity contribution in [1.82, 2.24) is 19.6 Å². The van der Waals surface area contributed by atoms with Crippen molar-refractivity contribution < 1.29 is 9.90 Å². The molecule has 2 aromatic rings. The van der Waals surface area contributed by atoms with Gasteiger partial charge in [-0.25, -0.2) is 0 Å². The van der Waals surface area contributed by atoms with E-state index in [1.54, 1.807) is 0 Å². The molecule has 184 valence electrons. The van der Waals surface area contributed by atoms with Gasteiger partial charge in [-0.15, -0.1) is 0 Å². The van der Waals surface area contributed by atoms with E-state index in [2.05, 4.69) is 41.8 Å². The van der Waals surface area contributed by atoms with Crippen molar-refractivity contribution in [2.45, 2.75) is 71.6 Å². The molecule has 1 aromatic heterocycles. The van der Waals surface area contributed by atoms with E-state index in [1.165, 1.54) is 34.5 Å². The van der Waals surface area contributed by atoms with Gasteiger partial charge in [0.25, 0.3) is 0 Å². The van der Waals surface area contributed by atoms with Crippen molar-refractivity contribution in [3.63, 3.8) is 0 Å². The fourth-order valence-electron chi connectivity index (χ4n) is 5.88. The van der Waals surface area contributed by atoms with Crippen molar-refractivity contribution in [3.8, 4) is 0 Å². The lowest BCUT2D eigenvalue weighted by Gasteiger charge is -2.37. The number of hydrogen-bond donors (Lipinski definition) is 1. The second kappa shape index (κ2) is 10.1. The predicted molar refractivity (Wildman–Crippen MR) is 134 cm³/mol. The summed E-state index contributed by atoms with van der Waals surface area (Å²) in [7, 11) is 0. The molecule has 1 atom stereocenters. The molecule has 1 aromatic carbocycles. The van der Waals surface area contributed by atoms with Gasteiger partial charge >= 0.3 is 0 Å². The molecule has 3 heterocycles. The van der Waals surface area contributed by atoms with Crippen LogP contribution in [0, 0.1) is 13.8 Å². The van der Waals surface area contributed by atoms with E-state index in [1.807, 2.05) is 9.58 Å². The Labute approximate surface area is 203 Å². The van der Waals surface area contributed by atoms with Crippen LogP contribution >= 0.6 is 0 Å². The first kappa shape index (κ1) is 23.4. The lowest BCUT2D eigenvalue weighted by molar-refractivity contribution is -0.132. The van der Waals surface area contributed by atoms with Gasteiger partial charge in [-0.1, -0.05) is 18.6 Å². The summed E-state index contributed by atoms with van der Waals surface area (Å²) in [6.07, 6.45) is 6.97. The number of aliphatic hydroxyl groups excluding tert-OH is 1. The number of amides is 1. The standard InChI is InChI=1S/C27H39N5O2/c1-20-9-8-12-23(21(20)2)29-15-17-30(18-16-29)25(33)19-32-24-11-5-3-4-10-22(24)26(28-32)27(34)31-13-6-7-14-31/h8-9,12,27,34H,3-7,10-11,13-19H2,1-2H3. The zero-order valence-electron chi connectivity index (χ0n) is 20.8. The van der Waals surface area contributed by atoms with E-state index in [9.17, 15) is 9.90 Å². The summed E-state index contributed by atoms with van der Waals surface area (Å²) in [6, 6.07) is 6.46. The van der Waals surface area contributed by atoms with Crippen LogP contribution in [0.5, 0.6) is 0 Å². The number of rotatable bonds is 5. The lowest BCUT2D eigenvalue weighted by Crippen LogP contribution is -2.50. The first-order valence-corrected chi connectivity index (χ1v) is 13.1. The fraction of sp³-hybridized carbons (Fsp3) is 0.630. The summed E-state index contributed by atoms with van der Waals surface area (Å²) in [5, 5.41) is 16.0. The topological polar surface area (TPSA) is 64.8 Å². The van der Waals surface area contributed by atoms with E-state index in [4.69, 9.17) is 5.10 Å². The molecule has 2 aliphatic heterocycles. The lowest BCUT2D eigenvalue weighted by atomic mass is 10.1. The Hall–Kier alpha value is -2.38. The van der Waals surface area contributed by atoms with E-state index >= 15 is 0 Å². The first-order chi connectivity index (χ1) is 16.5. The predicted octanol–water partition coefficient (Wildman–Crippen LogP) is 3.20. The average molecular weight is 466 g/mol. The first-order valence-electron chi connectivity index (χ1n) is 13.1. The maximum absolute atomic E-state index is 13.3. The van der Waals surface area contributed by atoms with Crippen molar-refractivity contribution >= 4 is 11.6 Å². The summed E-state index contributed by atoms with van der Waals surface area (Å²) in [5.41, 5.74) is 7.09. The minimum absolute atomic E-state index is 0.136. The molecule has 1 aliphatic carbocycles. The Morgan fingerprint density at radius 1 is 0.971 bits per heavy atom. The molecule has 7 heteroatoms. The van der Waals surface area contributed by atoms with Gasteiger partial charge in [-0.3, -0.25) is 14.4 Å². The molecule has 34 heavy (non-hydrogen) atoms.